The molecule has 1 fully saturated rings. The Kier molecular flexibility index (Phi) is 10.7. The van der Waals surface area contributed by atoms with Crippen molar-refractivity contribution in [1.82, 2.24) is 15.6 Å². The number of guanidine groups is 1. The standard InChI is InChI=1S/C21H37N5O2/c1-4-6-12-27-13-7-10-23-21(22-5-2)25-16-19-8-9-20(24-15-19)26-11-14-28-18(3)17-26/h8-9,15,18H,4-7,10-14,16-17H2,1-3H3,(H2,22,23,25). The molecule has 0 aromatic carbocycles. The second kappa shape index (κ2) is 13.3. The first kappa shape index (κ1) is 22.4. The largest absolute Gasteiger partial charge is 0.381 e. The van der Waals surface area contributed by atoms with Gasteiger partial charge in [-0.25, -0.2) is 9.98 Å². The van der Waals surface area contributed by atoms with Gasteiger partial charge in [0.15, 0.2) is 5.96 Å². The van der Waals surface area contributed by atoms with E-state index < -0.39 is 0 Å². The van der Waals surface area contributed by atoms with E-state index in [1.165, 1.54) is 6.42 Å². The molecule has 7 heteroatoms. The van der Waals surface area contributed by atoms with Crippen LogP contribution in [0.4, 0.5) is 5.82 Å². The summed E-state index contributed by atoms with van der Waals surface area (Å²) in [5.74, 6) is 1.85. The number of morpholine rings is 1. The summed E-state index contributed by atoms with van der Waals surface area (Å²) >= 11 is 0. The van der Waals surface area contributed by atoms with Gasteiger partial charge in [0.2, 0.25) is 0 Å². The van der Waals surface area contributed by atoms with Crippen molar-refractivity contribution in [3.63, 3.8) is 0 Å². The topological polar surface area (TPSA) is 71.0 Å². The number of unbranched alkanes of at least 4 members (excludes halogenated alkanes) is 1. The third-order valence-electron chi connectivity index (χ3n) is 4.54. The summed E-state index contributed by atoms with van der Waals surface area (Å²) in [5, 5.41) is 6.65. The molecule has 1 aromatic heterocycles. The van der Waals surface area contributed by atoms with Crippen LogP contribution in [0.3, 0.4) is 0 Å². The zero-order valence-electron chi connectivity index (χ0n) is 17.7. The molecule has 0 spiro atoms. The van der Waals surface area contributed by atoms with E-state index in [1.54, 1.807) is 0 Å². The van der Waals surface area contributed by atoms with E-state index in [1.807, 2.05) is 6.20 Å². The number of aliphatic imine (C=N–C) groups is 1. The van der Waals surface area contributed by atoms with Crippen molar-refractivity contribution in [3.8, 4) is 0 Å². The van der Waals surface area contributed by atoms with Gasteiger partial charge in [-0.2, -0.15) is 0 Å². The lowest BCUT2D eigenvalue weighted by molar-refractivity contribution is 0.0529. The smallest absolute Gasteiger partial charge is 0.191 e. The number of hydrogen-bond acceptors (Lipinski definition) is 5. The number of nitrogens with zero attached hydrogens (tertiary/aromatic N) is 3. The third-order valence-corrected chi connectivity index (χ3v) is 4.54. The molecule has 1 saturated heterocycles. The van der Waals surface area contributed by atoms with Crippen LogP contribution in [0, 0.1) is 0 Å². The Labute approximate surface area is 169 Å². The monoisotopic (exact) mass is 391 g/mol. The van der Waals surface area contributed by atoms with Gasteiger partial charge in [0.05, 0.1) is 19.3 Å². The van der Waals surface area contributed by atoms with Crippen molar-refractivity contribution < 1.29 is 9.47 Å². The summed E-state index contributed by atoms with van der Waals surface area (Å²) in [6.07, 6.45) is 5.46. The van der Waals surface area contributed by atoms with Gasteiger partial charge in [-0.1, -0.05) is 19.4 Å². The maximum Gasteiger partial charge on any atom is 0.191 e. The zero-order valence-corrected chi connectivity index (χ0v) is 17.7. The predicted octanol–water partition coefficient (Wildman–Crippen LogP) is 2.57. The lowest BCUT2D eigenvalue weighted by Gasteiger charge is -2.32. The Morgan fingerprint density at radius 2 is 2.14 bits per heavy atom. The van der Waals surface area contributed by atoms with Crippen LogP contribution in [-0.2, 0) is 16.0 Å². The average molecular weight is 392 g/mol. The fourth-order valence-electron chi connectivity index (χ4n) is 2.97. The molecule has 158 valence electrons. The fourth-order valence-corrected chi connectivity index (χ4v) is 2.97. The summed E-state index contributed by atoms with van der Waals surface area (Å²) in [6.45, 7) is 12.8. The number of pyridine rings is 1. The van der Waals surface area contributed by atoms with Gasteiger partial charge in [-0.3, -0.25) is 0 Å². The first-order chi connectivity index (χ1) is 13.7. The minimum absolute atomic E-state index is 0.255. The predicted molar refractivity (Wildman–Crippen MR) is 115 cm³/mol. The quantitative estimate of drug-likeness (QED) is 0.343. The average Bonchev–Trinajstić information content (AvgIpc) is 2.71. The molecule has 0 amide bonds. The van der Waals surface area contributed by atoms with Crippen molar-refractivity contribution in [2.24, 2.45) is 4.99 Å². The van der Waals surface area contributed by atoms with Crippen molar-refractivity contribution in [1.29, 1.82) is 0 Å². The lowest BCUT2D eigenvalue weighted by Crippen LogP contribution is -2.41. The minimum Gasteiger partial charge on any atom is -0.381 e. The zero-order chi connectivity index (χ0) is 20.0. The highest BCUT2D eigenvalue weighted by Gasteiger charge is 2.17. The van der Waals surface area contributed by atoms with Crippen molar-refractivity contribution >= 4 is 11.8 Å². The van der Waals surface area contributed by atoms with Crippen LogP contribution in [0.25, 0.3) is 0 Å². The highest BCUT2D eigenvalue weighted by Crippen LogP contribution is 2.15. The van der Waals surface area contributed by atoms with E-state index in [2.05, 4.69) is 58.4 Å². The molecule has 1 atom stereocenters. The third kappa shape index (κ3) is 8.44. The van der Waals surface area contributed by atoms with Gasteiger partial charge < -0.3 is 25.0 Å². The molecule has 2 heterocycles. The van der Waals surface area contributed by atoms with Crippen molar-refractivity contribution in [2.75, 3.05) is 50.9 Å². The first-order valence-corrected chi connectivity index (χ1v) is 10.6. The number of aromatic nitrogens is 1. The summed E-state index contributed by atoms with van der Waals surface area (Å²) in [6, 6.07) is 4.19. The molecule has 2 rings (SSSR count). The molecule has 7 nitrogen and oxygen atoms in total. The van der Waals surface area contributed by atoms with E-state index in [4.69, 9.17) is 9.47 Å². The molecule has 1 aliphatic rings. The minimum atomic E-state index is 0.255. The van der Waals surface area contributed by atoms with Crippen molar-refractivity contribution in [3.05, 3.63) is 23.9 Å². The number of rotatable bonds is 11. The van der Waals surface area contributed by atoms with Gasteiger partial charge in [-0.05, 0) is 38.3 Å². The van der Waals surface area contributed by atoms with Gasteiger partial charge in [0.25, 0.3) is 0 Å². The molecule has 2 N–H and O–H groups in total. The van der Waals surface area contributed by atoms with E-state index in [9.17, 15) is 0 Å². The Bertz CT molecular complexity index is 564. The number of ether oxygens (including phenoxy) is 2. The maximum absolute atomic E-state index is 5.60. The van der Waals surface area contributed by atoms with E-state index in [0.29, 0.717) is 6.54 Å². The summed E-state index contributed by atoms with van der Waals surface area (Å²) < 4.78 is 11.2. The lowest BCUT2D eigenvalue weighted by atomic mass is 10.2. The highest BCUT2D eigenvalue weighted by molar-refractivity contribution is 5.79. The maximum atomic E-state index is 5.60. The number of anilines is 1. The van der Waals surface area contributed by atoms with Crippen LogP contribution < -0.4 is 15.5 Å². The molecule has 0 radical (unpaired) electrons. The molecule has 0 saturated carbocycles. The molecule has 0 bridgehead atoms. The summed E-state index contributed by atoms with van der Waals surface area (Å²) in [7, 11) is 0. The normalized spacial score (nSPS) is 17.6. The van der Waals surface area contributed by atoms with Crippen LogP contribution >= 0.6 is 0 Å². The van der Waals surface area contributed by atoms with Crippen molar-refractivity contribution in [2.45, 2.75) is 52.7 Å². The second-order valence-corrected chi connectivity index (χ2v) is 7.09. The van der Waals surface area contributed by atoms with Gasteiger partial charge >= 0.3 is 0 Å². The van der Waals surface area contributed by atoms with E-state index in [0.717, 1.165) is 76.2 Å². The number of hydrogen-bond donors (Lipinski definition) is 2. The van der Waals surface area contributed by atoms with Crippen LogP contribution in [-0.4, -0.2) is 63.0 Å². The molecule has 1 aliphatic heterocycles. The Morgan fingerprint density at radius 3 is 2.86 bits per heavy atom. The van der Waals surface area contributed by atoms with Crippen LogP contribution in [0.15, 0.2) is 23.3 Å². The Balaban J connectivity index is 1.76. The SMILES string of the molecule is CCCCOCCCNC(=NCc1ccc(N2CCOC(C)C2)nc1)NCC. The summed E-state index contributed by atoms with van der Waals surface area (Å²) in [5.41, 5.74) is 1.10. The first-order valence-electron chi connectivity index (χ1n) is 10.6. The molecule has 1 unspecified atom stereocenters. The fraction of sp³-hybridized carbons (Fsp3) is 0.714. The van der Waals surface area contributed by atoms with Crippen LogP contribution in [0.1, 0.15) is 45.6 Å². The highest BCUT2D eigenvalue weighted by atomic mass is 16.5. The Morgan fingerprint density at radius 1 is 1.29 bits per heavy atom. The summed E-state index contributed by atoms with van der Waals surface area (Å²) in [4.78, 5) is 11.6. The van der Waals surface area contributed by atoms with E-state index >= 15 is 0 Å². The van der Waals surface area contributed by atoms with Gasteiger partial charge in [-0.15, -0.1) is 0 Å². The molecule has 28 heavy (non-hydrogen) atoms. The molecular formula is C21H37N5O2. The van der Waals surface area contributed by atoms with Gasteiger partial charge in [0, 0.05) is 45.6 Å². The molecular weight excluding hydrogens is 354 g/mol. The molecule has 0 aliphatic carbocycles. The number of nitrogens with one attached hydrogen (secondary N) is 2. The van der Waals surface area contributed by atoms with Crippen LogP contribution in [0.5, 0.6) is 0 Å². The van der Waals surface area contributed by atoms with Gasteiger partial charge in [0.1, 0.15) is 5.82 Å². The van der Waals surface area contributed by atoms with E-state index in [-0.39, 0.29) is 6.10 Å². The Hall–Kier alpha value is -1.86. The molecule has 1 aromatic rings. The second-order valence-electron chi connectivity index (χ2n) is 7.09. The van der Waals surface area contributed by atoms with Crippen LogP contribution in [0.2, 0.25) is 0 Å².